The third-order valence-electron chi connectivity index (χ3n) is 2.77. The summed E-state index contributed by atoms with van der Waals surface area (Å²) in [5.41, 5.74) is 2.04. The fourth-order valence-electron chi connectivity index (χ4n) is 1.78. The second-order valence-electron chi connectivity index (χ2n) is 4.15. The van der Waals surface area contributed by atoms with Crippen LogP contribution in [0, 0.1) is 0 Å². The Bertz CT molecular complexity index is 459. The highest BCUT2D eigenvalue weighted by atomic mass is 127. The van der Waals surface area contributed by atoms with Gasteiger partial charge in [0, 0.05) is 22.8 Å². The lowest BCUT2D eigenvalue weighted by Gasteiger charge is -2.15. The molecular formula is C14H16INOS. The average molecular weight is 373 g/mol. The number of benzene rings is 1. The molecule has 0 spiro atoms. The molecule has 0 aromatic heterocycles. The van der Waals surface area contributed by atoms with Crippen LogP contribution in [0.2, 0.25) is 0 Å². The molecular weight excluding hydrogens is 357 g/mol. The molecule has 0 fully saturated rings. The van der Waals surface area contributed by atoms with E-state index >= 15 is 0 Å². The summed E-state index contributed by atoms with van der Waals surface area (Å²) in [6, 6.07) is 8.21. The molecule has 2 nitrogen and oxygen atoms in total. The van der Waals surface area contributed by atoms with Crippen molar-refractivity contribution in [1.82, 2.24) is 5.32 Å². The smallest absolute Gasteiger partial charge is 0.248 e. The molecule has 0 saturated carbocycles. The largest absolute Gasteiger partial charge is 0.352 e. The number of carbonyl (C=O) groups excluding carboxylic acids is 1. The summed E-state index contributed by atoms with van der Waals surface area (Å²) in [6.45, 7) is 0.783. The van der Waals surface area contributed by atoms with Crippen molar-refractivity contribution in [2.75, 3.05) is 16.7 Å². The van der Waals surface area contributed by atoms with Crippen LogP contribution >= 0.6 is 34.4 Å². The summed E-state index contributed by atoms with van der Waals surface area (Å²) < 4.78 is 1.15. The molecule has 0 bridgehead atoms. The lowest BCUT2D eigenvalue weighted by molar-refractivity contribution is -0.117. The molecule has 2 rings (SSSR count). The molecule has 0 atom stereocenters. The highest BCUT2D eigenvalue weighted by Crippen LogP contribution is 2.31. The van der Waals surface area contributed by atoms with Crippen molar-refractivity contribution >= 4 is 46.3 Å². The van der Waals surface area contributed by atoms with E-state index in [1.54, 1.807) is 11.8 Å². The molecule has 4 heteroatoms. The molecule has 1 aromatic rings. The fraction of sp³-hybridized carbons (Fsp3) is 0.357. The second-order valence-corrected chi connectivity index (χ2v) is 6.24. The van der Waals surface area contributed by atoms with Gasteiger partial charge in [-0.1, -0.05) is 40.8 Å². The standard InChI is InChI=1S/C14H16INOS/c15-7-3-4-8-16-14(17)12-9-11-5-1-2-6-13(11)18-10-12/h1-2,5-6,9H,3-4,7-8,10H2,(H,16,17). The summed E-state index contributed by atoms with van der Waals surface area (Å²) in [4.78, 5) is 13.2. The normalized spacial score (nSPS) is 13.7. The number of hydrogen-bond acceptors (Lipinski definition) is 2. The van der Waals surface area contributed by atoms with Crippen molar-refractivity contribution in [2.24, 2.45) is 0 Å². The van der Waals surface area contributed by atoms with E-state index in [0.29, 0.717) is 0 Å². The second kappa shape index (κ2) is 7.19. The van der Waals surface area contributed by atoms with Gasteiger partial charge in [0.1, 0.15) is 0 Å². The van der Waals surface area contributed by atoms with Crippen molar-refractivity contribution in [3.63, 3.8) is 0 Å². The fourth-order valence-corrected chi connectivity index (χ4v) is 3.32. The summed E-state index contributed by atoms with van der Waals surface area (Å²) >= 11 is 4.10. The zero-order valence-corrected chi connectivity index (χ0v) is 13.1. The van der Waals surface area contributed by atoms with E-state index in [1.165, 1.54) is 4.90 Å². The van der Waals surface area contributed by atoms with Crippen molar-refractivity contribution < 1.29 is 4.79 Å². The Morgan fingerprint density at radius 3 is 3.00 bits per heavy atom. The van der Waals surface area contributed by atoms with Gasteiger partial charge in [-0.25, -0.2) is 0 Å². The van der Waals surface area contributed by atoms with E-state index in [2.05, 4.69) is 40.0 Å². The van der Waals surface area contributed by atoms with Crippen LogP contribution in [0.25, 0.3) is 6.08 Å². The van der Waals surface area contributed by atoms with E-state index in [9.17, 15) is 4.79 Å². The molecule has 1 amide bonds. The quantitative estimate of drug-likeness (QED) is 0.486. The summed E-state index contributed by atoms with van der Waals surface area (Å²) in [7, 11) is 0. The summed E-state index contributed by atoms with van der Waals surface area (Å²) in [6.07, 6.45) is 4.24. The van der Waals surface area contributed by atoms with Crippen LogP contribution in [0.5, 0.6) is 0 Å². The maximum Gasteiger partial charge on any atom is 0.248 e. The Hall–Kier alpha value is -0.490. The molecule has 0 saturated heterocycles. The molecule has 18 heavy (non-hydrogen) atoms. The maximum absolute atomic E-state index is 12.0. The third kappa shape index (κ3) is 3.75. The lowest BCUT2D eigenvalue weighted by atomic mass is 10.1. The molecule has 1 aliphatic rings. The summed E-state index contributed by atoms with van der Waals surface area (Å²) in [5, 5.41) is 2.99. The average Bonchev–Trinajstić information content (AvgIpc) is 2.43. The van der Waals surface area contributed by atoms with E-state index in [4.69, 9.17) is 0 Å². The number of fused-ring (bicyclic) bond motifs is 1. The molecule has 1 aliphatic heterocycles. The van der Waals surface area contributed by atoms with Crippen molar-refractivity contribution in [2.45, 2.75) is 17.7 Å². The van der Waals surface area contributed by atoms with Crippen LogP contribution in [0.4, 0.5) is 0 Å². The lowest BCUT2D eigenvalue weighted by Crippen LogP contribution is -2.27. The zero-order valence-electron chi connectivity index (χ0n) is 10.1. The number of halogens is 1. The Kier molecular flexibility index (Phi) is 5.56. The number of carbonyl (C=O) groups is 1. The Morgan fingerprint density at radius 2 is 2.17 bits per heavy atom. The summed E-state index contributed by atoms with van der Waals surface area (Å²) in [5.74, 6) is 0.861. The molecule has 0 aliphatic carbocycles. The predicted molar refractivity (Wildman–Crippen MR) is 86.3 cm³/mol. The SMILES string of the molecule is O=C(NCCCCI)C1=Cc2ccccc2SC1. The highest BCUT2D eigenvalue weighted by Gasteiger charge is 2.15. The van der Waals surface area contributed by atoms with E-state index in [-0.39, 0.29) is 5.91 Å². The van der Waals surface area contributed by atoms with Crippen LogP contribution in [0.15, 0.2) is 34.7 Å². The van der Waals surface area contributed by atoms with Gasteiger partial charge in [-0.05, 0) is 35.0 Å². The number of alkyl halides is 1. The van der Waals surface area contributed by atoms with Gasteiger partial charge < -0.3 is 5.32 Å². The number of amides is 1. The minimum absolute atomic E-state index is 0.0884. The Morgan fingerprint density at radius 1 is 1.33 bits per heavy atom. The van der Waals surface area contributed by atoms with Gasteiger partial charge in [-0.15, -0.1) is 11.8 Å². The number of nitrogens with one attached hydrogen (secondary N) is 1. The first kappa shape index (κ1) is 13.9. The number of unbranched alkanes of at least 4 members (excludes halogenated alkanes) is 1. The Balaban J connectivity index is 1.94. The van der Waals surface area contributed by atoms with Crippen LogP contribution in [0.3, 0.4) is 0 Å². The zero-order chi connectivity index (χ0) is 12.8. The first-order valence-electron chi connectivity index (χ1n) is 6.08. The van der Waals surface area contributed by atoms with Crippen molar-refractivity contribution in [1.29, 1.82) is 0 Å². The molecule has 1 N–H and O–H groups in total. The van der Waals surface area contributed by atoms with Gasteiger partial charge >= 0.3 is 0 Å². The number of hydrogen-bond donors (Lipinski definition) is 1. The van der Waals surface area contributed by atoms with Gasteiger partial charge in [0.05, 0.1) is 0 Å². The maximum atomic E-state index is 12.0. The predicted octanol–water partition coefficient (Wildman–Crippen LogP) is 3.51. The van der Waals surface area contributed by atoms with Gasteiger partial charge in [-0.3, -0.25) is 4.79 Å². The monoisotopic (exact) mass is 373 g/mol. The van der Waals surface area contributed by atoms with Gasteiger partial charge in [-0.2, -0.15) is 0 Å². The van der Waals surface area contributed by atoms with E-state index in [0.717, 1.165) is 40.7 Å². The van der Waals surface area contributed by atoms with Crippen LogP contribution in [-0.2, 0) is 4.79 Å². The van der Waals surface area contributed by atoms with Crippen molar-refractivity contribution in [3.05, 3.63) is 35.4 Å². The van der Waals surface area contributed by atoms with Gasteiger partial charge in [0.25, 0.3) is 0 Å². The number of rotatable bonds is 5. The molecule has 0 unspecified atom stereocenters. The molecule has 1 aromatic carbocycles. The topological polar surface area (TPSA) is 29.1 Å². The number of thioether (sulfide) groups is 1. The molecule has 1 heterocycles. The van der Waals surface area contributed by atoms with Crippen LogP contribution in [-0.4, -0.2) is 22.6 Å². The third-order valence-corrected chi connectivity index (χ3v) is 4.67. The molecule has 96 valence electrons. The Labute approximate surface area is 126 Å². The van der Waals surface area contributed by atoms with Gasteiger partial charge in [0.2, 0.25) is 5.91 Å². The highest BCUT2D eigenvalue weighted by molar-refractivity contribution is 14.1. The van der Waals surface area contributed by atoms with Gasteiger partial charge in [0.15, 0.2) is 0 Å². The first-order chi connectivity index (χ1) is 8.81. The minimum Gasteiger partial charge on any atom is -0.352 e. The first-order valence-corrected chi connectivity index (χ1v) is 8.59. The minimum atomic E-state index is 0.0884. The van der Waals surface area contributed by atoms with Crippen LogP contribution in [0.1, 0.15) is 18.4 Å². The molecule has 0 radical (unpaired) electrons. The van der Waals surface area contributed by atoms with Crippen molar-refractivity contribution in [3.8, 4) is 0 Å². The van der Waals surface area contributed by atoms with E-state index in [1.807, 2.05) is 18.2 Å². The van der Waals surface area contributed by atoms with Crippen LogP contribution < -0.4 is 5.32 Å². The van der Waals surface area contributed by atoms with E-state index < -0.39 is 0 Å².